The Bertz CT molecular complexity index is 613. The van der Waals surface area contributed by atoms with Crippen molar-refractivity contribution < 1.29 is 19.3 Å². The van der Waals surface area contributed by atoms with Crippen LogP contribution in [0.2, 0.25) is 0 Å². The van der Waals surface area contributed by atoms with Crippen molar-refractivity contribution in [1.82, 2.24) is 0 Å². The van der Waals surface area contributed by atoms with Crippen molar-refractivity contribution in [2.24, 2.45) is 0 Å². The van der Waals surface area contributed by atoms with Crippen LogP contribution in [0.1, 0.15) is 19.8 Å². The lowest BCUT2D eigenvalue weighted by Crippen LogP contribution is -2.00. The number of aromatic hydroxyl groups is 1. The zero-order valence-corrected chi connectivity index (χ0v) is 14.0. The molecule has 0 saturated carbocycles. The first kappa shape index (κ1) is 16.8. The SMILES string of the molecule is CCC1CO1.Oc1ccc(-c2ccc(OCCC3CO3)cc2)cc1. The summed E-state index contributed by atoms with van der Waals surface area (Å²) in [5, 5.41) is 9.26. The monoisotopic (exact) mass is 328 g/mol. The highest BCUT2D eigenvalue weighted by atomic mass is 16.6. The van der Waals surface area contributed by atoms with Gasteiger partial charge < -0.3 is 19.3 Å². The predicted octanol–water partition coefficient (Wildman–Crippen LogP) is 4.02. The number of phenolic OH excluding ortho intramolecular Hbond substituents is 1. The molecule has 2 aliphatic rings. The highest BCUT2D eigenvalue weighted by molar-refractivity contribution is 5.64. The van der Waals surface area contributed by atoms with Gasteiger partial charge in [0, 0.05) is 6.42 Å². The van der Waals surface area contributed by atoms with E-state index in [1.54, 1.807) is 12.1 Å². The Morgan fingerprint density at radius 2 is 1.46 bits per heavy atom. The number of rotatable bonds is 6. The third-order valence-corrected chi connectivity index (χ3v) is 4.02. The molecule has 128 valence electrons. The van der Waals surface area contributed by atoms with Gasteiger partial charge in [0.1, 0.15) is 11.5 Å². The van der Waals surface area contributed by atoms with E-state index >= 15 is 0 Å². The van der Waals surface area contributed by atoms with Crippen LogP contribution in [0.4, 0.5) is 0 Å². The van der Waals surface area contributed by atoms with Crippen molar-refractivity contribution in [1.29, 1.82) is 0 Å². The fourth-order valence-corrected chi connectivity index (χ4v) is 2.24. The molecule has 2 unspecified atom stereocenters. The van der Waals surface area contributed by atoms with Crippen LogP contribution >= 0.6 is 0 Å². The Balaban J connectivity index is 0.000000290. The lowest BCUT2D eigenvalue weighted by molar-refractivity contribution is 0.283. The van der Waals surface area contributed by atoms with Gasteiger partial charge in [-0.2, -0.15) is 0 Å². The molecule has 0 radical (unpaired) electrons. The molecule has 0 amide bonds. The van der Waals surface area contributed by atoms with E-state index in [1.165, 1.54) is 6.42 Å². The van der Waals surface area contributed by atoms with Crippen LogP contribution in [0.5, 0.6) is 11.5 Å². The molecule has 2 aliphatic heterocycles. The van der Waals surface area contributed by atoms with Crippen LogP contribution < -0.4 is 4.74 Å². The Morgan fingerprint density at radius 3 is 1.92 bits per heavy atom. The minimum absolute atomic E-state index is 0.283. The highest BCUT2D eigenvalue weighted by Gasteiger charge is 2.21. The third-order valence-electron chi connectivity index (χ3n) is 4.02. The quantitative estimate of drug-likeness (QED) is 0.814. The third kappa shape index (κ3) is 5.55. The molecule has 4 heteroatoms. The zero-order chi connectivity index (χ0) is 16.8. The maximum absolute atomic E-state index is 9.26. The van der Waals surface area contributed by atoms with E-state index in [1.807, 2.05) is 36.4 Å². The molecule has 2 atom stereocenters. The Hall–Kier alpha value is -2.04. The first-order valence-electron chi connectivity index (χ1n) is 8.50. The van der Waals surface area contributed by atoms with Crippen molar-refractivity contribution in [3.05, 3.63) is 48.5 Å². The van der Waals surface area contributed by atoms with E-state index in [4.69, 9.17) is 14.2 Å². The van der Waals surface area contributed by atoms with Gasteiger partial charge in [-0.1, -0.05) is 31.2 Å². The summed E-state index contributed by atoms with van der Waals surface area (Å²) in [6, 6.07) is 15.2. The number of epoxide rings is 2. The molecule has 0 spiro atoms. The van der Waals surface area contributed by atoms with Crippen molar-refractivity contribution in [2.75, 3.05) is 19.8 Å². The number of hydrogen-bond donors (Lipinski definition) is 1. The minimum atomic E-state index is 0.283. The summed E-state index contributed by atoms with van der Waals surface area (Å²) in [6.07, 6.45) is 3.20. The number of hydrogen-bond acceptors (Lipinski definition) is 4. The molecule has 4 rings (SSSR count). The Kier molecular flexibility index (Phi) is 5.72. The summed E-state index contributed by atoms with van der Waals surface area (Å²) in [6.45, 7) is 4.72. The smallest absolute Gasteiger partial charge is 0.119 e. The molecule has 0 aliphatic carbocycles. The van der Waals surface area contributed by atoms with Crippen LogP contribution in [0.25, 0.3) is 11.1 Å². The first-order valence-corrected chi connectivity index (χ1v) is 8.50. The molecule has 0 aromatic heterocycles. The van der Waals surface area contributed by atoms with Gasteiger partial charge >= 0.3 is 0 Å². The van der Waals surface area contributed by atoms with Crippen molar-refractivity contribution in [2.45, 2.75) is 32.0 Å². The fourth-order valence-electron chi connectivity index (χ4n) is 2.24. The van der Waals surface area contributed by atoms with E-state index < -0.39 is 0 Å². The van der Waals surface area contributed by atoms with Crippen LogP contribution in [-0.4, -0.2) is 37.1 Å². The molecule has 2 saturated heterocycles. The lowest BCUT2D eigenvalue weighted by Gasteiger charge is -2.06. The average Bonchev–Trinajstić information content (AvgIpc) is 3.50. The summed E-state index contributed by atoms with van der Waals surface area (Å²) in [5.74, 6) is 1.16. The van der Waals surface area contributed by atoms with E-state index in [2.05, 4.69) is 6.92 Å². The molecule has 2 heterocycles. The second-order valence-electron chi connectivity index (χ2n) is 6.03. The van der Waals surface area contributed by atoms with Crippen LogP contribution in [-0.2, 0) is 9.47 Å². The van der Waals surface area contributed by atoms with Gasteiger partial charge in [-0.15, -0.1) is 0 Å². The Labute approximate surface area is 143 Å². The maximum atomic E-state index is 9.26. The normalized spacial score (nSPS) is 20.7. The van der Waals surface area contributed by atoms with Crippen molar-refractivity contribution in [3.63, 3.8) is 0 Å². The number of phenols is 1. The Morgan fingerprint density at radius 1 is 0.917 bits per heavy atom. The summed E-state index contributed by atoms with van der Waals surface area (Å²) >= 11 is 0. The summed E-state index contributed by atoms with van der Waals surface area (Å²) in [4.78, 5) is 0. The molecule has 4 nitrogen and oxygen atoms in total. The molecule has 2 aromatic rings. The second-order valence-corrected chi connectivity index (χ2v) is 6.03. The zero-order valence-electron chi connectivity index (χ0n) is 14.0. The van der Waals surface area contributed by atoms with Gasteiger partial charge in [0.05, 0.1) is 32.0 Å². The van der Waals surface area contributed by atoms with Crippen LogP contribution in [0.15, 0.2) is 48.5 Å². The molecular weight excluding hydrogens is 304 g/mol. The standard InChI is InChI=1S/C16H16O3.C4H8O/c17-14-5-1-12(2-6-14)13-3-7-15(8-4-13)18-10-9-16-11-19-16;1-2-4-3-5-4/h1-8,16-17H,9-11H2;4H,2-3H2,1H3. The van der Waals surface area contributed by atoms with Gasteiger partial charge in [-0.25, -0.2) is 0 Å². The van der Waals surface area contributed by atoms with Gasteiger partial charge in [-0.3, -0.25) is 0 Å². The molecular formula is C20H24O4. The number of ether oxygens (including phenoxy) is 3. The maximum Gasteiger partial charge on any atom is 0.119 e. The number of benzene rings is 2. The van der Waals surface area contributed by atoms with Gasteiger partial charge in [0.25, 0.3) is 0 Å². The molecule has 2 fully saturated rings. The van der Waals surface area contributed by atoms with E-state index in [9.17, 15) is 5.11 Å². The first-order chi connectivity index (χ1) is 11.7. The van der Waals surface area contributed by atoms with Gasteiger partial charge in [0.15, 0.2) is 0 Å². The molecule has 2 aromatic carbocycles. The summed E-state index contributed by atoms with van der Waals surface area (Å²) < 4.78 is 15.6. The second kappa shape index (κ2) is 8.18. The van der Waals surface area contributed by atoms with Gasteiger partial charge in [0.2, 0.25) is 0 Å². The van der Waals surface area contributed by atoms with Crippen LogP contribution in [0.3, 0.4) is 0 Å². The molecule has 1 N–H and O–H groups in total. The van der Waals surface area contributed by atoms with E-state index in [-0.39, 0.29) is 5.75 Å². The molecule has 24 heavy (non-hydrogen) atoms. The summed E-state index contributed by atoms with van der Waals surface area (Å²) in [7, 11) is 0. The van der Waals surface area contributed by atoms with Crippen LogP contribution in [0, 0.1) is 0 Å². The fraction of sp³-hybridized carbons (Fsp3) is 0.400. The predicted molar refractivity (Wildman–Crippen MR) is 93.4 cm³/mol. The van der Waals surface area contributed by atoms with E-state index in [0.717, 1.165) is 36.5 Å². The van der Waals surface area contributed by atoms with Gasteiger partial charge in [-0.05, 0) is 41.8 Å². The van der Waals surface area contributed by atoms with Crippen molar-refractivity contribution in [3.8, 4) is 22.6 Å². The molecule has 0 bridgehead atoms. The lowest BCUT2D eigenvalue weighted by atomic mass is 10.1. The van der Waals surface area contributed by atoms with E-state index in [0.29, 0.717) is 18.8 Å². The van der Waals surface area contributed by atoms with Crippen molar-refractivity contribution >= 4 is 0 Å². The minimum Gasteiger partial charge on any atom is -0.508 e. The average molecular weight is 328 g/mol. The summed E-state index contributed by atoms with van der Waals surface area (Å²) in [5.41, 5.74) is 2.19. The largest absolute Gasteiger partial charge is 0.508 e. The highest BCUT2D eigenvalue weighted by Crippen LogP contribution is 2.24. The topological polar surface area (TPSA) is 54.5 Å².